The molecule has 0 aromatic heterocycles. The Labute approximate surface area is 145 Å². The fraction of sp³-hybridized carbons (Fsp3) is 0.632. The highest BCUT2D eigenvalue weighted by molar-refractivity contribution is 6.31. The van der Waals surface area contributed by atoms with Gasteiger partial charge in [0.05, 0.1) is 6.04 Å². The predicted molar refractivity (Wildman–Crippen MR) is 96.7 cm³/mol. The highest BCUT2D eigenvalue weighted by atomic mass is 35.5. The van der Waals surface area contributed by atoms with Gasteiger partial charge in [0.1, 0.15) is 0 Å². The Morgan fingerprint density at radius 1 is 1.17 bits per heavy atom. The van der Waals surface area contributed by atoms with Crippen molar-refractivity contribution in [1.82, 2.24) is 10.2 Å². The summed E-state index contributed by atoms with van der Waals surface area (Å²) in [6, 6.07) is 8.19. The van der Waals surface area contributed by atoms with E-state index in [9.17, 15) is 4.79 Å². The molecule has 1 amide bonds. The number of hydrogen-bond acceptors (Lipinski definition) is 2. The van der Waals surface area contributed by atoms with Crippen LogP contribution in [-0.2, 0) is 4.79 Å². The van der Waals surface area contributed by atoms with Gasteiger partial charge in [0, 0.05) is 17.5 Å². The van der Waals surface area contributed by atoms with Crippen molar-refractivity contribution in [3.8, 4) is 0 Å². The molecule has 1 N–H and O–H groups in total. The molecule has 1 fully saturated rings. The van der Waals surface area contributed by atoms with Crippen molar-refractivity contribution < 1.29 is 4.79 Å². The van der Waals surface area contributed by atoms with Crippen LogP contribution in [0.15, 0.2) is 24.3 Å². The van der Waals surface area contributed by atoms with Gasteiger partial charge in [0.15, 0.2) is 0 Å². The van der Waals surface area contributed by atoms with Crippen molar-refractivity contribution in [2.75, 3.05) is 19.6 Å². The van der Waals surface area contributed by atoms with Crippen molar-refractivity contribution in [3.05, 3.63) is 34.9 Å². The maximum absolute atomic E-state index is 12.3. The summed E-state index contributed by atoms with van der Waals surface area (Å²) in [4.78, 5) is 14.8. The highest BCUT2D eigenvalue weighted by Crippen LogP contribution is 2.29. The Hall–Kier alpha value is -1.06. The molecule has 1 aromatic rings. The fourth-order valence-electron chi connectivity index (χ4n) is 3.41. The molecule has 3 nitrogen and oxygen atoms in total. The van der Waals surface area contributed by atoms with Crippen molar-refractivity contribution in [2.45, 2.75) is 52.0 Å². The van der Waals surface area contributed by atoms with E-state index in [1.807, 2.05) is 18.2 Å². The minimum atomic E-state index is 0.114. The van der Waals surface area contributed by atoms with Crippen LogP contribution in [0.5, 0.6) is 0 Å². The maximum atomic E-state index is 12.3. The summed E-state index contributed by atoms with van der Waals surface area (Å²) < 4.78 is 0. The van der Waals surface area contributed by atoms with E-state index in [-0.39, 0.29) is 17.9 Å². The van der Waals surface area contributed by atoms with Crippen molar-refractivity contribution in [2.24, 2.45) is 5.92 Å². The lowest BCUT2D eigenvalue weighted by atomic mass is 10.00. The molecule has 1 heterocycles. The van der Waals surface area contributed by atoms with E-state index in [0.717, 1.165) is 36.5 Å². The number of carbonyl (C=O) groups is 1. The lowest BCUT2D eigenvalue weighted by Crippen LogP contribution is -2.42. The lowest BCUT2D eigenvalue weighted by molar-refractivity contribution is -0.125. The van der Waals surface area contributed by atoms with Gasteiger partial charge >= 0.3 is 0 Å². The normalized spacial score (nSPS) is 17.2. The van der Waals surface area contributed by atoms with E-state index in [1.165, 1.54) is 19.3 Å². The Kier molecular flexibility index (Phi) is 7.38. The van der Waals surface area contributed by atoms with Gasteiger partial charge in [-0.05, 0) is 50.4 Å². The second-order valence-corrected chi connectivity index (χ2v) is 6.80. The van der Waals surface area contributed by atoms with Gasteiger partial charge in [-0.15, -0.1) is 0 Å². The number of rotatable bonds is 7. The quantitative estimate of drug-likeness (QED) is 0.799. The smallest absolute Gasteiger partial charge is 0.223 e. The molecule has 0 spiro atoms. The molecule has 0 unspecified atom stereocenters. The molecule has 1 atom stereocenters. The zero-order valence-corrected chi connectivity index (χ0v) is 15.1. The Morgan fingerprint density at radius 2 is 1.83 bits per heavy atom. The molecule has 128 valence electrons. The number of carbonyl (C=O) groups excluding carboxylic acids is 1. The summed E-state index contributed by atoms with van der Waals surface area (Å²) in [6.07, 6.45) is 5.53. The molecular weight excluding hydrogens is 308 g/mol. The van der Waals surface area contributed by atoms with Gasteiger partial charge in [-0.25, -0.2) is 0 Å². The van der Waals surface area contributed by atoms with Crippen molar-refractivity contribution >= 4 is 17.5 Å². The summed E-state index contributed by atoms with van der Waals surface area (Å²) in [7, 11) is 0. The second kappa shape index (κ2) is 9.29. The first-order valence-corrected chi connectivity index (χ1v) is 9.31. The van der Waals surface area contributed by atoms with Crippen LogP contribution in [0.25, 0.3) is 0 Å². The highest BCUT2D eigenvalue weighted by Gasteiger charge is 2.25. The van der Waals surface area contributed by atoms with E-state index >= 15 is 0 Å². The molecule has 2 rings (SSSR count). The molecule has 0 bridgehead atoms. The first-order chi connectivity index (χ1) is 11.2. The third kappa shape index (κ3) is 4.95. The van der Waals surface area contributed by atoms with Crippen LogP contribution in [0.2, 0.25) is 5.02 Å². The van der Waals surface area contributed by atoms with Gasteiger partial charge in [-0.3, -0.25) is 9.69 Å². The topological polar surface area (TPSA) is 32.3 Å². The minimum Gasteiger partial charge on any atom is -0.354 e. The Balaban J connectivity index is 2.11. The number of piperidine rings is 1. The van der Waals surface area contributed by atoms with E-state index in [1.54, 1.807) is 0 Å². The van der Waals surface area contributed by atoms with E-state index < -0.39 is 0 Å². The molecular formula is C19H29ClN2O. The fourth-order valence-corrected chi connectivity index (χ4v) is 3.67. The van der Waals surface area contributed by atoms with Crippen LogP contribution in [0.4, 0.5) is 0 Å². The van der Waals surface area contributed by atoms with Crippen LogP contribution in [0, 0.1) is 5.92 Å². The molecule has 1 aromatic carbocycles. The number of nitrogens with zero attached hydrogens (tertiary/aromatic N) is 1. The van der Waals surface area contributed by atoms with Gasteiger partial charge in [-0.2, -0.15) is 0 Å². The second-order valence-electron chi connectivity index (χ2n) is 6.39. The minimum absolute atomic E-state index is 0.114. The average molecular weight is 337 g/mol. The number of likely N-dealkylation sites (tertiary alicyclic amines) is 1. The standard InChI is InChI=1S/C19H29ClN2O/c1-3-15(4-2)19(23)21-14-18(22-12-8-5-9-13-22)16-10-6-7-11-17(16)20/h6-7,10-11,15,18H,3-5,8-9,12-14H2,1-2H3,(H,21,23)/t18-/m1/s1. The molecule has 0 radical (unpaired) electrons. The van der Waals surface area contributed by atoms with Gasteiger partial charge in [-0.1, -0.05) is 50.1 Å². The molecule has 1 aliphatic rings. The number of hydrogen-bond donors (Lipinski definition) is 1. The Morgan fingerprint density at radius 3 is 2.43 bits per heavy atom. The van der Waals surface area contributed by atoms with E-state index in [2.05, 4.69) is 30.1 Å². The van der Waals surface area contributed by atoms with Gasteiger partial charge in [0.2, 0.25) is 5.91 Å². The van der Waals surface area contributed by atoms with Crippen LogP contribution in [-0.4, -0.2) is 30.4 Å². The predicted octanol–water partition coefficient (Wildman–Crippen LogP) is 4.42. The lowest BCUT2D eigenvalue weighted by Gasteiger charge is -2.35. The average Bonchev–Trinajstić information content (AvgIpc) is 2.58. The first-order valence-electron chi connectivity index (χ1n) is 8.93. The van der Waals surface area contributed by atoms with Crippen molar-refractivity contribution in [1.29, 1.82) is 0 Å². The van der Waals surface area contributed by atoms with Crippen molar-refractivity contribution in [3.63, 3.8) is 0 Å². The summed E-state index contributed by atoms with van der Waals surface area (Å²) in [5.74, 6) is 0.285. The van der Waals surface area contributed by atoms with Crippen LogP contribution < -0.4 is 5.32 Å². The summed E-state index contributed by atoms with van der Waals surface area (Å²) in [5.41, 5.74) is 1.13. The maximum Gasteiger partial charge on any atom is 0.223 e. The zero-order valence-electron chi connectivity index (χ0n) is 14.4. The summed E-state index contributed by atoms with van der Waals surface area (Å²) in [6.45, 7) is 6.94. The summed E-state index contributed by atoms with van der Waals surface area (Å²) >= 11 is 6.43. The number of halogens is 1. The zero-order chi connectivity index (χ0) is 16.7. The number of amides is 1. The number of nitrogens with one attached hydrogen (secondary N) is 1. The molecule has 4 heteroatoms. The summed E-state index contributed by atoms with van der Waals surface area (Å²) in [5, 5.41) is 3.96. The van der Waals surface area contributed by atoms with Crippen LogP contribution in [0.1, 0.15) is 57.6 Å². The van der Waals surface area contributed by atoms with Gasteiger partial charge in [0.25, 0.3) is 0 Å². The molecule has 1 aliphatic heterocycles. The molecule has 0 saturated carbocycles. The van der Waals surface area contributed by atoms with E-state index in [0.29, 0.717) is 6.54 Å². The Bertz CT molecular complexity index is 496. The van der Waals surface area contributed by atoms with Crippen LogP contribution >= 0.6 is 11.6 Å². The largest absolute Gasteiger partial charge is 0.354 e. The number of benzene rings is 1. The third-order valence-electron chi connectivity index (χ3n) is 4.92. The van der Waals surface area contributed by atoms with Crippen LogP contribution in [0.3, 0.4) is 0 Å². The third-order valence-corrected chi connectivity index (χ3v) is 5.27. The SMILES string of the molecule is CCC(CC)C(=O)NC[C@H](c1ccccc1Cl)N1CCCCC1. The monoisotopic (exact) mass is 336 g/mol. The van der Waals surface area contributed by atoms with Gasteiger partial charge < -0.3 is 5.32 Å². The molecule has 0 aliphatic carbocycles. The molecule has 1 saturated heterocycles. The first kappa shape index (κ1) is 18.3. The molecule has 23 heavy (non-hydrogen) atoms. The van der Waals surface area contributed by atoms with E-state index in [4.69, 9.17) is 11.6 Å².